The molecule has 0 amide bonds. The van der Waals surface area contributed by atoms with Gasteiger partial charge in [0.2, 0.25) is 0 Å². The van der Waals surface area contributed by atoms with Crippen molar-refractivity contribution in [1.82, 2.24) is 0 Å². The topological polar surface area (TPSA) is 95.2 Å². The van der Waals surface area contributed by atoms with E-state index in [0.717, 1.165) is 11.1 Å². The Morgan fingerprint density at radius 1 is 0.600 bits per heavy atom. The van der Waals surface area contributed by atoms with Gasteiger partial charge in [0, 0.05) is 0 Å². The second-order valence-corrected chi connectivity index (χ2v) is 6.24. The van der Waals surface area contributed by atoms with Crippen LogP contribution in [-0.4, -0.2) is 0 Å². The molecule has 1 fully saturated rings. The Bertz CT molecular complexity index is 882. The Balaban J connectivity index is 2.46. The molecule has 0 N–H and O–H groups in total. The third-order valence-corrected chi connectivity index (χ3v) is 5.41. The van der Waals surface area contributed by atoms with Gasteiger partial charge in [0.25, 0.3) is 0 Å². The molecule has 4 nitrogen and oxygen atoms in total. The molecule has 0 heterocycles. The second kappa shape index (κ2) is 5.79. The van der Waals surface area contributed by atoms with E-state index < -0.39 is 16.2 Å². The smallest absolute Gasteiger partial charge is 0.188 e. The molecule has 4 heteroatoms. The van der Waals surface area contributed by atoms with E-state index in [1.54, 1.807) is 0 Å². The highest BCUT2D eigenvalue weighted by Crippen LogP contribution is 2.65. The molecule has 0 atom stereocenters. The monoisotopic (exact) mass is 322 g/mol. The van der Waals surface area contributed by atoms with E-state index in [1.807, 2.05) is 72.8 Å². The van der Waals surface area contributed by atoms with E-state index in [9.17, 15) is 21.0 Å². The van der Waals surface area contributed by atoms with Crippen molar-refractivity contribution in [3.05, 3.63) is 71.8 Å². The quantitative estimate of drug-likeness (QED) is 0.839. The average molecular weight is 322 g/mol. The maximum absolute atomic E-state index is 10.1. The lowest BCUT2D eigenvalue weighted by Crippen LogP contribution is -2.48. The number of benzene rings is 2. The molecule has 0 aromatic heterocycles. The van der Waals surface area contributed by atoms with Crippen LogP contribution in [0.5, 0.6) is 0 Å². The van der Waals surface area contributed by atoms with Crippen molar-refractivity contribution in [2.45, 2.75) is 18.3 Å². The first-order valence-corrected chi connectivity index (χ1v) is 7.92. The molecular weight excluding hydrogens is 308 g/mol. The van der Waals surface area contributed by atoms with Crippen LogP contribution in [0.2, 0.25) is 0 Å². The van der Waals surface area contributed by atoms with Crippen LogP contribution in [0.4, 0.5) is 0 Å². The number of nitriles is 4. The highest BCUT2D eigenvalue weighted by molar-refractivity contribution is 5.55. The summed E-state index contributed by atoms with van der Waals surface area (Å²) < 4.78 is 0. The fraction of sp³-hybridized carbons (Fsp3) is 0.238. The van der Waals surface area contributed by atoms with E-state index in [0.29, 0.717) is 6.42 Å². The molecule has 0 saturated heterocycles. The van der Waals surface area contributed by atoms with E-state index in [1.165, 1.54) is 0 Å². The molecule has 1 saturated carbocycles. The maximum atomic E-state index is 10.1. The van der Waals surface area contributed by atoms with Crippen molar-refractivity contribution >= 4 is 0 Å². The van der Waals surface area contributed by atoms with Gasteiger partial charge in [-0.05, 0) is 24.0 Å². The maximum Gasteiger partial charge on any atom is 0.188 e. The molecule has 0 aliphatic heterocycles. The van der Waals surface area contributed by atoms with Crippen molar-refractivity contribution in [2.24, 2.45) is 10.8 Å². The van der Waals surface area contributed by atoms with Crippen LogP contribution in [0.25, 0.3) is 0 Å². The molecular formula is C21H14N4. The first-order chi connectivity index (χ1) is 12.2. The van der Waals surface area contributed by atoms with Crippen LogP contribution >= 0.6 is 0 Å². The van der Waals surface area contributed by atoms with Crippen molar-refractivity contribution in [3.8, 4) is 24.3 Å². The van der Waals surface area contributed by atoms with Gasteiger partial charge >= 0.3 is 0 Å². The molecule has 25 heavy (non-hydrogen) atoms. The third kappa shape index (κ3) is 1.83. The summed E-state index contributed by atoms with van der Waals surface area (Å²) in [6.07, 6.45) is 0.550. The van der Waals surface area contributed by atoms with Crippen LogP contribution in [-0.2, 0) is 5.41 Å². The predicted octanol–water partition coefficient (Wildman–Crippen LogP) is 3.83. The van der Waals surface area contributed by atoms with Gasteiger partial charge in [-0.1, -0.05) is 60.7 Å². The summed E-state index contributed by atoms with van der Waals surface area (Å²) in [7, 11) is 0. The lowest BCUT2D eigenvalue weighted by atomic mass is 9.54. The standard InChI is InChI=1S/C21H14N4/c22-13-19(14-23)11-12-21(20(19,15-24)16-25,17-7-3-1-4-8-17)18-9-5-2-6-10-18/h1-10H,11-12H2. The summed E-state index contributed by atoms with van der Waals surface area (Å²) in [5.41, 5.74) is -2.97. The molecule has 0 radical (unpaired) electrons. The SMILES string of the molecule is N#CC1(C#N)CCC(c2ccccc2)(c2ccccc2)C1(C#N)C#N. The summed E-state index contributed by atoms with van der Waals surface area (Å²) in [6, 6.07) is 26.8. The molecule has 1 aliphatic carbocycles. The van der Waals surface area contributed by atoms with Crippen molar-refractivity contribution in [1.29, 1.82) is 21.0 Å². The van der Waals surface area contributed by atoms with Crippen LogP contribution < -0.4 is 0 Å². The Kier molecular flexibility index (Phi) is 3.77. The highest BCUT2D eigenvalue weighted by atomic mass is 14.7. The van der Waals surface area contributed by atoms with Crippen molar-refractivity contribution in [2.75, 3.05) is 0 Å². The largest absolute Gasteiger partial charge is 0.196 e. The Morgan fingerprint density at radius 2 is 1.04 bits per heavy atom. The van der Waals surface area contributed by atoms with Gasteiger partial charge in [-0.3, -0.25) is 0 Å². The minimum atomic E-state index is -1.80. The predicted molar refractivity (Wildman–Crippen MR) is 90.2 cm³/mol. The third-order valence-electron chi connectivity index (χ3n) is 5.41. The highest BCUT2D eigenvalue weighted by Gasteiger charge is 2.72. The fourth-order valence-electron chi connectivity index (χ4n) is 4.16. The number of rotatable bonds is 2. The van der Waals surface area contributed by atoms with Gasteiger partial charge in [0.15, 0.2) is 10.8 Å². The zero-order valence-electron chi connectivity index (χ0n) is 13.5. The zero-order valence-corrected chi connectivity index (χ0v) is 13.5. The Labute approximate surface area is 146 Å². The molecule has 0 bridgehead atoms. The van der Waals surface area contributed by atoms with Gasteiger partial charge in [0.05, 0.1) is 29.7 Å². The van der Waals surface area contributed by atoms with Crippen molar-refractivity contribution < 1.29 is 0 Å². The number of hydrogen-bond acceptors (Lipinski definition) is 4. The van der Waals surface area contributed by atoms with Crippen molar-refractivity contribution in [3.63, 3.8) is 0 Å². The summed E-state index contributed by atoms with van der Waals surface area (Å²) in [4.78, 5) is 0. The van der Waals surface area contributed by atoms with Crippen LogP contribution in [0, 0.1) is 56.2 Å². The molecule has 1 aliphatic rings. The van der Waals surface area contributed by atoms with Gasteiger partial charge < -0.3 is 0 Å². The molecule has 0 unspecified atom stereocenters. The normalized spacial score (nSPS) is 18.9. The Hall–Kier alpha value is -3.60. The van der Waals surface area contributed by atoms with Crippen LogP contribution in [0.3, 0.4) is 0 Å². The minimum absolute atomic E-state index is 0.172. The molecule has 118 valence electrons. The van der Waals surface area contributed by atoms with Gasteiger partial charge in [-0.15, -0.1) is 0 Å². The van der Waals surface area contributed by atoms with Gasteiger partial charge in [0.1, 0.15) is 0 Å². The molecule has 2 aromatic carbocycles. The fourth-order valence-corrected chi connectivity index (χ4v) is 4.16. The van der Waals surface area contributed by atoms with Crippen LogP contribution in [0.1, 0.15) is 24.0 Å². The first-order valence-electron chi connectivity index (χ1n) is 7.92. The van der Waals surface area contributed by atoms with E-state index in [4.69, 9.17) is 0 Å². The molecule has 0 spiro atoms. The van der Waals surface area contributed by atoms with Gasteiger partial charge in [-0.25, -0.2) is 0 Å². The van der Waals surface area contributed by atoms with Gasteiger partial charge in [-0.2, -0.15) is 21.0 Å². The number of nitrogens with zero attached hydrogens (tertiary/aromatic N) is 4. The van der Waals surface area contributed by atoms with E-state index >= 15 is 0 Å². The summed E-state index contributed by atoms with van der Waals surface area (Å²) >= 11 is 0. The zero-order chi connectivity index (χ0) is 18.0. The first kappa shape index (κ1) is 16.3. The summed E-state index contributed by atoms with van der Waals surface area (Å²) in [5, 5.41) is 39.7. The van der Waals surface area contributed by atoms with E-state index in [-0.39, 0.29) is 6.42 Å². The second-order valence-electron chi connectivity index (χ2n) is 6.24. The lowest BCUT2D eigenvalue weighted by Gasteiger charge is -2.41. The summed E-state index contributed by atoms with van der Waals surface area (Å²) in [5.74, 6) is 0. The molecule has 2 aromatic rings. The summed E-state index contributed by atoms with van der Waals surface area (Å²) in [6.45, 7) is 0. The Morgan fingerprint density at radius 3 is 1.40 bits per heavy atom. The average Bonchev–Trinajstić information content (AvgIpc) is 3.01. The van der Waals surface area contributed by atoms with E-state index in [2.05, 4.69) is 12.1 Å². The minimum Gasteiger partial charge on any atom is -0.196 e. The lowest BCUT2D eigenvalue weighted by molar-refractivity contribution is 0.270. The van der Waals surface area contributed by atoms with Crippen LogP contribution in [0.15, 0.2) is 60.7 Å². The molecule has 3 rings (SSSR count). The number of hydrogen-bond donors (Lipinski definition) is 0.